The third kappa shape index (κ3) is 5.36. The van der Waals surface area contributed by atoms with E-state index in [0.29, 0.717) is 30.0 Å². The quantitative estimate of drug-likeness (QED) is 0.281. The highest BCUT2D eigenvalue weighted by Crippen LogP contribution is 2.28. The number of thiophene rings is 1. The zero-order valence-electron chi connectivity index (χ0n) is 18.9. The van der Waals surface area contributed by atoms with Gasteiger partial charge >= 0.3 is 0 Å². The molecule has 2 aromatic heterocycles. The predicted molar refractivity (Wildman–Crippen MR) is 139 cm³/mol. The number of amides is 1. The fraction of sp³-hybridized carbons (Fsp3) is 0.107. The Kier molecular flexibility index (Phi) is 6.77. The van der Waals surface area contributed by atoms with E-state index in [-0.39, 0.29) is 11.7 Å². The third-order valence-electron chi connectivity index (χ3n) is 5.74. The van der Waals surface area contributed by atoms with E-state index >= 15 is 0 Å². The molecule has 0 unspecified atom stereocenters. The monoisotopic (exact) mass is 482 g/mol. The standard InChI is InChI=1S/C28H23FN4OS/c29-24-10-8-20(15-22(24)12-13-30-28(34)26-7-4-14-35-26)21-9-11-25-23(16-21)27(33-18-32-25)31-17-19-5-2-1-3-6-19/h1-11,14-16,18H,12-13,17H2,(H,30,34)(H,31,32,33). The summed E-state index contributed by atoms with van der Waals surface area (Å²) in [6.45, 7) is 1.01. The lowest BCUT2D eigenvalue weighted by molar-refractivity contribution is 0.0958. The molecule has 0 aliphatic heterocycles. The van der Waals surface area contributed by atoms with Gasteiger partial charge in [-0.05, 0) is 64.4 Å². The van der Waals surface area contributed by atoms with Crippen LogP contribution in [0.2, 0.25) is 0 Å². The third-order valence-corrected chi connectivity index (χ3v) is 6.61. The zero-order chi connectivity index (χ0) is 24.0. The van der Waals surface area contributed by atoms with Crippen molar-refractivity contribution in [3.63, 3.8) is 0 Å². The van der Waals surface area contributed by atoms with Crippen LogP contribution in [0.15, 0.2) is 90.6 Å². The summed E-state index contributed by atoms with van der Waals surface area (Å²) in [5, 5.41) is 9.02. The summed E-state index contributed by atoms with van der Waals surface area (Å²) in [7, 11) is 0. The molecule has 0 saturated heterocycles. The molecule has 0 atom stereocenters. The molecule has 0 fully saturated rings. The van der Waals surface area contributed by atoms with Crippen LogP contribution < -0.4 is 10.6 Å². The second-order valence-electron chi connectivity index (χ2n) is 8.08. The molecule has 3 aromatic carbocycles. The summed E-state index contributed by atoms with van der Waals surface area (Å²) in [6, 6.07) is 24.8. The molecule has 0 aliphatic rings. The predicted octanol–water partition coefficient (Wildman–Crippen LogP) is 6.08. The number of nitrogens with one attached hydrogen (secondary N) is 2. The largest absolute Gasteiger partial charge is 0.365 e. The molecule has 5 aromatic rings. The second kappa shape index (κ2) is 10.4. The van der Waals surface area contributed by atoms with Crippen LogP contribution in [0.25, 0.3) is 22.0 Å². The Labute approximate surface area is 206 Å². The number of aromatic nitrogens is 2. The van der Waals surface area contributed by atoms with Gasteiger partial charge in [0.1, 0.15) is 18.0 Å². The van der Waals surface area contributed by atoms with Crippen molar-refractivity contribution >= 4 is 34.0 Å². The molecule has 5 rings (SSSR count). The van der Waals surface area contributed by atoms with Gasteiger partial charge in [0.05, 0.1) is 10.4 Å². The van der Waals surface area contributed by atoms with Crippen LogP contribution in [0.1, 0.15) is 20.8 Å². The molecule has 5 nitrogen and oxygen atoms in total. The SMILES string of the molecule is O=C(NCCc1cc(-c2ccc3ncnc(NCc4ccccc4)c3c2)ccc1F)c1cccs1. The maximum atomic E-state index is 14.5. The first-order valence-corrected chi connectivity index (χ1v) is 12.2. The highest BCUT2D eigenvalue weighted by atomic mass is 32.1. The molecule has 2 heterocycles. The maximum Gasteiger partial charge on any atom is 0.261 e. The number of fused-ring (bicyclic) bond motifs is 1. The lowest BCUT2D eigenvalue weighted by Crippen LogP contribution is -2.25. The van der Waals surface area contributed by atoms with Crippen LogP contribution in [0.3, 0.4) is 0 Å². The number of halogens is 1. The van der Waals surface area contributed by atoms with E-state index in [2.05, 4.69) is 32.7 Å². The van der Waals surface area contributed by atoms with Crippen molar-refractivity contribution in [1.29, 1.82) is 0 Å². The van der Waals surface area contributed by atoms with Crippen molar-refractivity contribution in [3.8, 4) is 11.1 Å². The molecule has 0 bridgehead atoms. The van der Waals surface area contributed by atoms with Crippen LogP contribution in [-0.4, -0.2) is 22.4 Å². The summed E-state index contributed by atoms with van der Waals surface area (Å²) in [5.41, 5.74) is 4.38. The van der Waals surface area contributed by atoms with Crippen molar-refractivity contribution in [3.05, 3.63) is 112 Å². The Hall–Kier alpha value is -4.10. The number of hydrogen-bond acceptors (Lipinski definition) is 5. The number of hydrogen-bond donors (Lipinski definition) is 2. The molecule has 0 aliphatic carbocycles. The molecule has 2 N–H and O–H groups in total. The molecule has 7 heteroatoms. The van der Waals surface area contributed by atoms with Crippen molar-refractivity contribution in [1.82, 2.24) is 15.3 Å². The number of carbonyl (C=O) groups is 1. The summed E-state index contributed by atoms with van der Waals surface area (Å²) in [6.07, 6.45) is 1.95. The summed E-state index contributed by atoms with van der Waals surface area (Å²) >= 11 is 1.38. The van der Waals surface area contributed by atoms with Gasteiger partial charge in [-0.25, -0.2) is 14.4 Å². The lowest BCUT2D eigenvalue weighted by Gasteiger charge is -2.11. The molecular weight excluding hydrogens is 459 g/mol. The van der Waals surface area contributed by atoms with Gasteiger partial charge in [-0.3, -0.25) is 4.79 Å². The number of rotatable bonds is 8. The first kappa shape index (κ1) is 22.7. The van der Waals surface area contributed by atoms with Gasteiger partial charge in [0.15, 0.2) is 0 Å². The number of carbonyl (C=O) groups excluding carboxylic acids is 1. The summed E-state index contributed by atoms with van der Waals surface area (Å²) < 4.78 is 14.5. The molecule has 0 spiro atoms. The molecular formula is C28H23FN4OS. The molecule has 1 amide bonds. The Morgan fingerprint density at radius 2 is 1.74 bits per heavy atom. The average molecular weight is 483 g/mol. The fourth-order valence-corrected chi connectivity index (χ4v) is 4.55. The maximum absolute atomic E-state index is 14.5. The van der Waals surface area contributed by atoms with Crippen LogP contribution in [0.4, 0.5) is 10.2 Å². The van der Waals surface area contributed by atoms with Crippen LogP contribution in [-0.2, 0) is 13.0 Å². The van der Waals surface area contributed by atoms with Gasteiger partial charge in [0, 0.05) is 18.5 Å². The fourth-order valence-electron chi connectivity index (χ4n) is 3.91. The number of anilines is 1. The van der Waals surface area contributed by atoms with E-state index in [1.807, 2.05) is 53.9 Å². The second-order valence-corrected chi connectivity index (χ2v) is 9.03. The summed E-state index contributed by atoms with van der Waals surface area (Å²) in [5.74, 6) is 0.328. The Bertz CT molecular complexity index is 1460. The van der Waals surface area contributed by atoms with E-state index in [0.717, 1.165) is 33.4 Å². The van der Waals surface area contributed by atoms with Crippen LogP contribution in [0.5, 0.6) is 0 Å². The van der Waals surface area contributed by atoms with E-state index in [1.165, 1.54) is 17.4 Å². The topological polar surface area (TPSA) is 66.9 Å². The van der Waals surface area contributed by atoms with Gasteiger partial charge in [0.25, 0.3) is 5.91 Å². The van der Waals surface area contributed by atoms with E-state index in [4.69, 9.17) is 0 Å². The minimum atomic E-state index is -0.284. The first-order valence-electron chi connectivity index (χ1n) is 11.3. The lowest BCUT2D eigenvalue weighted by atomic mass is 9.99. The molecule has 0 saturated carbocycles. The Morgan fingerprint density at radius 1 is 0.914 bits per heavy atom. The normalized spacial score (nSPS) is 10.9. The van der Waals surface area contributed by atoms with Crippen LogP contribution >= 0.6 is 11.3 Å². The van der Waals surface area contributed by atoms with Gasteiger partial charge in [-0.1, -0.05) is 48.5 Å². The highest BCUT2D eigenvalue weighted by Gasteiger charge is 2.11. The minimum absolute atomic E-state index is 0.137. The molecule has 174 valence electrons. The van der Waals surface area contributed by atoms with Crippen molar-refractivity contribution in [2.24, 2.45) is 0 Å². The molecule has 35 heavy (non-hydrogen) atoms. The average Bonchev–Trinajstić information content (AvgIpc) is 3.44. The van der Waals surface area contributed by atoms with Crippen molar-refractivity contribution in [2.75, 3.05) is 11.9 Å². The van der Waals surface area contributed by atoms with Gasteiger partial charge in [-0.15, -0.1) is 11.3 Å². The Morgan fingerprint density at radius 3 is 2.57 bits per heavy atom. The minimum Gasteiger partial charge on any atom is -0.365 e. The van der Waals surface area contributed by atoms with E-state index < -0.39 is 0 Å². The molecule has 0 radical (unpaired) electrons. The first-order chi connectivity index (χ1) is 17.2. The smallest absolute Gasteiger partial charge is 0.261 e. The van der Waals surface area contributed by atoms with Crippen LogP contribution in [0, 0.1) is 5.82 Å². The van der Waals surface area contributed by atoms with Gasteiger partial charge < -0.3 is 10.6 Å². The Balaban J connectivity index is 1.35. The zero-order valence-corrected chi connectivity index (χ0v) is 19.7. The highest BCUT2D eigenvalue weighted by molar-refractivity contribution is 7.12. The number of nitrogens with zero attached hydrogens (tertiary/aromatic N) is 2. The van der Waals surface area contributed by atoms with Crippen molar-refractivity contribution < 1.29 is 9.18 Å². The van der Waals surface area contributed by atoms with Gasteiger partial charge in [0.2, 0.25) is 0 Å². The van der Waals surface area contributed by atoms with Gasteiger partial charge in [-0.2, -0.15) is 0 Å². The van der Waals surface area contributed by atoms with Crippen molar-refractivity contribution in [2.45, 2.75) is 13.0 Å². The van der Waals surface area contributed by atoms with E-state index in [1.54, 1.807) is 18.5 Å². The van der Waals surface area contributed by atoms with E-state index in [9.17, 15) is 9.18 Å². The number of benzene rings is 3. The summed E-state index contributed by atoms with van der Waals surface area (Å²) in [4.78, 5) is 21.6.